The third kappa shape index (κ3) is 4.15. The molecule has 0 fully saturated rings. The zero-order valence-electron chi connectivity index (χ0n) is 10.8. The largest absolute Gasteiger partial charge is 0.359 e. The minimum absolute atomic E-state index is 0.797. The van der Waals surface area contributed by atoms with E-state index >= 15 is 0 Å². The fourth-order valence-corrected chi connectivity index (χ4v) is 1.66. The lowest BCUT2D eigenvalue weighted by Crippen LogP contribution is -2.68. The van der Waals surface area contributed by atoms with Gasteiger partial charge in [0.25, 0.3) is 0 Å². The molecule has 10 heteroatoms. The van der Waals surface area contributed by atoms with Gasteiger partial charge in [-0.15, -0.1) is 10.2 Å². The summed E-state index contributed by atoms with van der Waals surface area (Å²) in [6.45, 7) is 0. The molecular weight excluding hydrogens is 302 g/mol. The van der Waals surface area contributed by atoms with Gasteiger partial charge in [0, 0.05) is 7.05 Å². The Morgan fingerprint density at radius 1 is 1.00 bits per heavy atom. The van der Waals surface area contributed by atoms with E-state index in [1.165, 1.54) is 0 Å². The smallest absolute Gasteiger partial charge is 0.318 e. The number of nitrogens with zero attached hydrogens (tertiary/aromatic N) is 5. The number of aryl methyl sites for hydroxylation is 1. The van der Waals surface area contributed by atoms with Gasteiger partial charge >= 0.3 is 5.82 Å². The standard InChI is InChI=1S/C11H10N5.ClHO4/c1-15-8-14-9-10(15)12-7-13-11(9)16-5-3-2-4-6-16;2-1(3,4)5/h2-8H,1H3;(H,2,3,4,5)/q+1;/p-1. The molecule has 3 aromatic rings. The van der Waals surface area contributed by atoms with Crippen LogP contribution in [0.1, 0.15) is 0 Å². The van der Waals surface area contributed by atoms with Crippen molar-refractivity contribution < 1.29 is 33.4 Å². The van der Waals surface area contributed by atoms with Gasteiger partial charge in [-0.3, -0.25) is 0 Å². The van der Waals surface area contributed by atoms with E-state index in [2.05, 4.69) is 15.0 Å². The Bertz CT molecular complexity index is 722. The Morgan fingerprint density at radius 2 is 1.62 bits per heavy atom. The molecule has 0 aromatic carbocycles. The van der Waals surface area contributed by atoms with Crippen LogP contribution in [-0.2, 0) is 7.05 Å². The first-order chi connectivity index (χ1) is 9.86. The molecule has 0 amide bonds. The Kier molecular flexibility index (Phi) is 4.40. The minimum atomic E-state index is -4.94. The van der Waals surface area contributed by atoms with Gasteiger partial charge < -0.3 is 4.57 Å². The van der Waals surface area contributed by atoms with E-state index < -0.39 is 10.2 Å². The minimum Gasteiger partial charge on any atom is -0.318 e. The third-order valence-corrected chi connectivity index (χ3v) is 2.44. The first kappa shape index (κ1) is 15.2. The predicted octanol–water partition coefficient (Wildman–Crippen LogP) is -4.12. The van der Waals surface area contributed by atoms with Crippen molar-refractivity contribution in [1.82, 2.24) is 19.5 Å². The Balaban J connectivity index is 0.000000282. The molecule has 0 saturated heterocycles. The van der Waals surface area contributed by atoms with E-state index in [1.54, 1.807) is 12.7 Å². The van der Waals surface area contributed by atoms with E-state index in [9.17, 15) is 0 Å². The van der Waals surface area contributed by atoms with Crippen molar-refractivity contribution in [2.45, 2.75) is 0 Å². The van der Waals surface area contributed by atoms with Gasteiger partial charge in [-0.1, -0.05) is 6.07 Å². The molecule has 3 rings (SSSR count). The van der Waals surface area contributed by atoms with Gasteiger partial charge in [-0.2, -0.15) is 4.98 Å². The van der Waals surface area contributed by atoms with Crippen molar-refractivity contribution in [3.05, 3.63) is 43.2 Å². The highest BCUT2D eigenvalue weighted by Crippen LogP contribution is 2.10. The van der Waals surface area contributed by atoms with Crippen molar-refractivity contribution in [2.24, 2.45) is 7.05 Å². The van der Waals surface area contributed by atoms with Crippen LogP contribution in [0.25, 0.3) is 17.0 Å². The highest BCUT2D eigenvalue weighted by Gasteiger charge is 2.16. The van der Waals surface area contributed by atoms with Crippen molar-refractivity contribution in [3.8, 4) is 5.82 Å². The van der Waals surface area contributed by atoms with E-state index in [1.807, 2.05) is 46.8 Å². The molecule has 0 radical (unpaired) electrons. The summed E-state index contributed by atoms with van der Waals surface area (Å²) in [5, 5.41) is 0. The molecule has 0 aliphatic carbocycles. The fourth-order valence-electron chi connectivity index (χ4n) is 1.66. The summed E-state index contributed by atoms with van der Waals surface area (Å²) in [7, 11) is -3.03. The van der Waals surface area contributed by atoms with E-state index in [0.29, 0.717) is 0 Å². The zero-order valence-corrected chi connectivity index (χ0v) is 11.5. The first-order valence-electron chi connectivity index (χ1n) is 5.56. The normalized spacial score (nSPS) is 11.1. The maximum absolute atomic E-state index is 8.49. The molecule has 9 nitrogen and oxygen atoms in total. The second-order valence-electron chi connectivity index (χ2n) is 3.89. The summed E-state index contributed by atoms with van der Waals surface area (Å²) < 4.78 is 37.8. The van der Waals surface area contributed by atoms with Gasteiger partial charge in [-0.25, -0.2) is 28.2 Å². The molecular formula is C11H10ClN5O4. The topological polar surface area (TPSA) is 140 Å². The van der Waals surface area contributed by atoms with Gasteiger partial charge in [0.15, 0.2) is 5.65 Å². The molecule has 0 unspecified atom stereocenters. The first-order valence-corrected chi connectivity index (χ1v) is 6.80. The van der Waals surface area contributed by atoms with Crippen molar-refractivity contribution in [3.63, 3.8) is 0 Å². The number of hydrogen-bond acceptors (Lipinski definition) is 7. The maximum Gasteiger partial charge on any atom is 0.359 e. The number of fused-ring (bicyclic) bond motifs is 1. The molecule has 0 bridgehead atoms. The van der Waals surface area contributed by atoms with E-state index in [0.717, 1.165) is 17.0 Å². The average molecular weight is 312 g/mol. The molecule has 3 aromatic heterocycles. The second kappa shape index (κ2) is 6.08. The van der Waals surface area contributed by atoms with Crippen LogP contribution in [-0.4, -0.2) is 19.5 Å². The molecule has 0 N–H and O–H groups in total. The van der Waals surface area contributed by atoms with Crippen LogP contribution < -0.4 is 23.2 Å². The fraction of sp³-hybridized carbons (Fsp3) is 0.0909. The number of aromatic nitrogens is 5. The monoisotopic (exact) mass is 311 g/mol. The molecule has 0 aliphatic heterocycles. The number of rotatable bonds is 1. The van der Waals surface area contributed by atoms with Gasteiger partial charge in [0.2, 0.25) is 11.8 Å². The number of hydrogen-bond donors (Lipinski definition) is 0. The highest BCUT2D eigenvalue weighted by molar-refractivity contribution is 5.75. The summed E-state index contributed by atoms with van der Waals surface area (Å²) >= 11 is 0. The lowest BCUT2D eigenvalue weighted by atomic mass is 10.4. The summed E-state index contributed by atoms with van der Waals surface area (Å²) in [5.74, 6) is 0.797. The molecule has 0 atom stereocenters. The molecule has 0 aliphatic rings. The highest BCUT2D eigenvalue weighted by atomic mass is 35.7. The molecule has 110 valence electrons. The van der Waals surface area contributed by atoms with Gasteiger partial charge in [0.05, 0.1) is 18.7 Å². The summed E-state index contributed by atoms with van der Waals surface area (Å²) in [4.78, 5) is 12.8. The van der Waals surface area contributed by atoms with Crippen molar-refractivity contribution in [1.29, 1.82) is 0 Å². The van der Waals surface area contributed by atoms with Crippen molar-refractivity contribution in [2.75, 3.05) is 0 Å². The van der Waals surface area contributed by atoms with Crippen LogP contribution in [0.5, 0.6) is 0 Å². The Labute approximate surface area is 121 Å². The summed E-state index contributed by atoms with van der Waals surface area (Å²) in [5.41, 5.74) is 1.64. The lowest BCUT2D eigenvalue weighted by Gasteiger charge is -2.17. The average Bonchev–Trinajstić information content (AvgIpc) is 2.80. The third-order valence-electron chi connectivity index (χ3n) is 2.44. The van der Waals surface area contributed by atoms with Gasteiger partial charge in [-0.05, 0) is 17.1 Å². The lowest BCUT2D eigenvalue weighted by molar-refractivity contribution is -2.00. The van der Waals surface area contributed by atoms with E-state index in [-0.39, 0.29) is 0 Å². The van der Waals surface area contributed by atoms with Crippen LogP contribution in [0, 0.1) is 10.2 Å². The predicted molar refractivity (Wildman–Crippen MR) is 57.8 cm³/mol. The van der Waals surface area contributed by atoms with Crippen molar-refractivity contribution >= 4 is 11.2 Å². The van der Waals surface area contributed by atoms with Crippen LogP contribution >= 0.6 is 0 Å². The van der Waals surface area contributed by atoms with Crippen LogP contribution in [0.4, 0.5) is 0 Å². The number of halogens is 1. The summed E-state index contributed by atoms with van der Waals surface area (Å²) in [6.07, 6.45) is 7.18. The number of imidazole rings is 1. The molecule has 3 heterocycles. The quantitative estimate of drug-likeness (QED) is 0.416. The summed E-state index contributed by atoms with van der Waals surface area (Å²) in [6, 6.07) is 5.88. The molecule has 0 spiro atoms. The molecule has 21 heavy (non-hydrogen) atoms. The zero-order chi connectivity index (χ0) is 15.5. The number of pyridine rings is 1. The molecule has 0 saturated carbocycles. The van der Waals surface area contributed by atoms with Gasteiger partial charge in [0.1, 0.15) is 0 Å². The van der Waals surface area contributed by atoms with E-state index in [4.69, 9.17) is 18.6 Å². The maximum atomic E-state index is 8.49. The van der Waals surface area contributed by atoms with Crippen LogP contribution in [0.2, 0.25) is 0 Å². The Hall–Kier alpha value is -2.17. The SMILES string of the molecule is Cn1cnc2c(-[n+]3ccccc3)ncnc21.[O-][Cl+3]([O-])([O-])[O-]. The Morgan fingerprint density at radius 3 is 2.24 bits per heavy atom. The van der Waals surface area contributed by atoms with Crippen LogP contribution in [0.3, 0.4) is 0 Å². The van der Waals surface area contributed by atoms with Crippen LogP contribution in [0.15, 0.2) is 43.2 Å². The second-order valence-corrected chi connectivity index (χ2v) is 4.64.